The highest BCUT2D eigenvalue weighted by Crippen LogP contribution is 2.38. The first kappa shape index (κ1) is 72.8. The number of benzene rings is 4. The summed E-state index contributed by atoms with van der Waals surface area (Å²) in [4.78, 5) is 23.2. The van der Waals surface area contributed by atoms with E-state index in [1.54, 1.807) is 38.7 Å². The Kier molecular flexibility index (Phi) is 25.9. The van der Waals surface area contributed by atoms with Crippen molar-refractivity contribution in [2.24, 2.45) is 0 Å². The van der Waals surface area contributed by atoms with Crippen LogP contribution in [-0.4, -0.2) is 136 Å². The van der Waals surface area contributed by atoms with Crippen molar-refractivity contribution in [2.45, 2.75) is 118 Å². The molecule has 0 spiro atoms. The fraction of sp³-hybridized carbons (Fsp3) is 0.371. The van der Waals surface area contributed by atoms with Gasteiger partial charge in [-0.2, -0.15) is 10.2 Å². The lowest BCUT2D eigenvalue weighted by molar-refractivity contribution is -0.160. The van der Waals surface area contributed by atoms with Crippen LogP contribution in [0, 0.1) is 0 Å². The summed E-state index contributed by atoms with van der Waals surface area (Å²) < 4.78 is 58.9. The molecule has 0 amide bonds. The Bertz CT molecular complexity index is 3790. The Morgan fingerprint density at radius 2 is 1.01 bits per heavy atom. The molecule has 1 fully saturated rings. The van der Waals surface area contributed by atoms with Crippen LogP contribution >= 0.6 is 15.9 Å². The number of esters is 2. The van der Waals surface area contributed by atoms with Crippen LogP contribution in [0.2, 0.25) is 0 Å². The molecule has 1 saturated heterocycles. The average molecular weight is 1350 g/mol. The summed E-state index contributed by atoms with van der Waals surface area (Å²) in [6.07, 6.45) is 13.1. The summed E-state index contributed by atoms with van der Waals surface area (Å²) in [5.74, 6) is 3.01. The average Bonchev–Trinajstić information content (AvgIpc) is 1.58. The van der Waals surface area contributed by atoms with Gasteiger partial charge in [-0.15, -0.1) is 20.4 Å². The Hall–Kier alpha value is -8.62. The maximum absolute atomic E-state index is 11.7. The second-order valence-electron chi connectivity index (χ2n) is 24.8. The molecule has 94 heavy (non-hydrogen) atoms. The van der Waals surface area contributed by atoms with E-state index in [2.05, 4.69) is 84.6 Å². The van der Waals surface area contributed by atoms with E-state index in [0.29, 0.717) is 47.7 Å². The smallest absolute Gasteiger partial charge is 0.467 e. The van der Waals surface area contributed by atoms with E-state index < -0.39 is 11.2 Å². The van der Waals surface area contributed by atoms with Crippen molar-refractivity contribution in [3.63, 3.8) is 0 Å². The molecule has 4 aromatic carbocycles. The van der Waals surface area contributed by atoms with Crippen molar-refractivity contribution in [3.8, 4) is 56.3 Å². The van der Waals surface area contributed by atoms with Crippen LogP contribution < -0.4 is 20.9 Å². The zero-order chi connectivity index (χ0) is 68.2. The number of carbonyl (C=O) groups excluding carboxylic acids is 2. The summed E-state index contributed by atoms with van der Waals surface area (Å²) in [5, 5.41) is 26.1. The first-order valence-corrected chi connectivity index (χ1v) is 31.3. The molecule has 4 N–H and O–H groups in total. The molecule has 498 valence electrons. The van der Waals surface area contributed by atoms with Gasteiger partial charge in [-0.25, -0.2) is 9.59 Å². The van der Waals surface area contributed by atoms with E-state index >= 15 is 0 Å². The quantitative estimate of drug-likeness (QED) is 0.0246. The molecule has 0 saturated carbocycles. The molecule has 2 unspecified atom stereocenters. The lowest BCUT2D eigenvalue weighted by atomic mass is 9.90. The molecule has 8 aromatic rings. The molecule has 0 radical (unpaired) electrons. The molecule has 1 aliphatic heterocycles. The summed E-state index contributed by atoms with van der Waals surface area (Å²) in [6, 6.07) is 35.4. The number of aromatic nitrogens is 8. The van der Waals surface area contributed by atoms with Crippen LogP contribution in [0.25, 0.3) is 50.8 Å². The fourth-order valence-electron chi connectivity index (χ4n) is 9.17. The van der Waals surface area contributed by atoms with Crippen molar-refractivity contribution in [3.05, 3.63) is 173 Å². The molecule has 22 nitrogen and oxygen atoms in total. The second-order valence-corrected chi connectivity index (χ2v) is 25.7. The Morgan fingerprint density at radius 3 is 1.44 bits per heavy atom. The van der Waals surface area contributed by atoms with E-state index in [9.17, 15) is 9.59 Å². The largest absolute Gasteiger partial charge is 0.486 e. The summed E-state index contributed by atoms with van der Waals surface area (Å²) >= 11 is 3.47. The minimum Gasteiger partial charge on any atom is -0.467 e. The standard InChI is InChI=1S/C32H37N5O5.C23H22BrN5O2.C15H27BO5/c1-22(24-14-12-23(13-15-24)9-8-16-40-20-30(38)42-32(2,3)4)37-19-25(18-34-37)27-17-28(35-36-31(27)33)26-10-6-7-11-29(26)41-21-39-5;1-15(16-7-9-18(24)10-8-16)29-13-17(12-26-29)20-11-21(27-28-23(20)25)19-5-3-4-6-22(19)31-14-30-2;1-13(2,3)19-12(17)11-18-10-8-9-16-20-14(4,5)15(6,7)21-16/h6-15,17-19,22H,16,20-21H2,1-5H3,(H2,33,36);3-13,15H,14H2,1-2H3,(H2,25,28);8-9H,10-11H2,1-7H3/b9-8+;;9-8+. The number of ether oxygens (including phenoxy) is 8. The summed E-state index contributed by atoms with van der Waals surface area (Å²) in [5.41, 5.74) is 20.0. The van der Waals surface area contributed by atoms with E-state index in [1.165, 1.54) is 0 Å². The van der Waals surface area contributed by atoms with Gasteiger partial charge in [0.15, 0.2) is 25.2 Å². The highest BCUT2D eigenvalue weighted by Gasteiger charge is 2.50. The topological polar surface area (TPSA) is 266 Å². The first-order valence-electron chi connectivity index (χ1n) is 30.5. The number of nitrogens with zero attached hydrogens (tertiary/aromatic N) is 8. The SMILES string of the molecule is CC(C)(C)OC(=O)COC/C=C/B1OC(C)(C)C(C)(C)O1.COCOc1ccccc1-c1cc(-c2cnn(C(C)c3ccc(/C=C/COCC(=O)OC(C)(C)C)cc3)c2)c(N)nn1.COCOc1ccccc1-c1cc(-c2cnn(C(C)c3ccc(Br)cc3)c2)c(N)nn1. The lowest BCUT2D eigenvalue weighted by Crippen LogP contribution is -2.41. The predicted octanol–water partition coefficient (Wildman–Crippen LogP) is 13.0. The third kappa shape index (κ3) is 21.5. The lowest BCUT2D eigenvalue weighted by Gasteiger charge is -2.32. The number of rotatable bonds is 24. The van der Waals surface area contributed by atoms with Gasteiger partial charge in [-0.1, -0.05) is 101 Å². The number of nitrogens with two attached hydrogens (primary N) is 2. The molecule has 9 rings (SSSR count). The second kappa shape index (κ2) is 33.5. The van der Waals surface area contributed by atoms with Crippen LogP contribution in [0.4, 0.5) is 11.6 Å². The molecule has 24 heteroatoms. The van der Waals surface area contributed by atoms with Crippen molar-refractivity contribution in [1.29, 1.82) is 0 Å². The number of carbonyl (C=O) groups is 2. The molecular formula is C70H86BBrN10O12. The van der Waals surface area contributed by atoms with Gasteiger partial charge in [0.2, 0.25) is 0 Å². The van der Waals surface area contributed by atoms with Gasteiger partial charge in [0.25, 0.3) is 0 Å². The minimum absolute atomic E-state index is 0.0207. The van der Waals surface area contributed by atoms with Crippen LogP contribution in [0.5, 0.6) is 11.5 Å². The Morgan fingerprint density at radius 1 is 0.596 bits per heavy atom. The molecule has 1 aliphatic rings. The van der Waals surface area contributed by atoms with Crippen molar-refractivity contribution >= 4 is 52.7 Å². The van der Waals surface area contributed by atoms with Crippen LogP contribution in [-0.2, 0) is 47.3 Å². The van der Waals surface area contributed by atoms with Gasteiger partial charge in [0.1, 0.15) is 35.9 Å². The van der Waals surface area contributed by atoms with Gasteiger partial charge < -0.3 is 58.7 Å². The maximum Gasteiger partial charge on any atom is 0.486 e. The number of methoxy groups -OCH3 is 2. The van der Waals surface area contributed by atoms with Gasteiger partial charge in [0, 0.05) is 64.5 Å². The third-order valence-electron chi connectivity index (χ3n) is 14.6. The molecule has 0 bridgehead atoms. The molecular weight excluding hydrogens is 1260 g/mol. The van der Waals surface area contributed by atoms with Gasteiger partial charge in [-0.3, -0.25) is 9.36 Å². The monoisotopic (exact) mass is 1350 g/mol. The van der Waals surface area contributed by atoms with Crippen molar-refractivity contribution in [2.75, 3.05) is 65.7 Å². The van der Waals surface area contributed by atoms with E-state index in [4.69, 9.17) is 58.7 Å². The third-order valence-corrected chi connectivity index (χ3v) is 15.1. The number of halogens is 1. The van der Waals surface area contributed by atoms with Crippen LogP contribution in [0.3, 0.4) is 0 Å². The zero-order valence-electron chi connectivity index (χ0n) is 56.0. The Balaban J connectivity index is 0.000000212. The normalized spacial score (nSPS) is 14.2. The number of anilines is 2. The Labute approximate surface area is 559 Å². The molecule has 0 aliphatic carbocycles. The van der Waals surface area contributed by atoms with Gasteiger partial charge >= 0.3 is 19.1 Å². The van der Waals surface area contributed by atoms with Crippen LogP contribution in [0.15, 0.2) is 157 Å². The summed E-state index contributed by atoms with van der Waals surface area (Å²) in [6.45, 7) is 23.9. The highest BCUT2D eigenvalue weighted by molar-refractivity contribution is 9.10. The van der Waals surface area contributed by atoms with Gasteiger partial charge in [-0.05, 0) is 148 Å². The first-order chi connectivity index (χ1) is 44.6. The van der Waals surface area contributed by atoms with Gasteiger partial charge in [0.05, 0.1) is 60.3 Å². The zero-order valence-corrected chi connectivity index (χ0v) is 57.6. The van der Waals surface area contributed by atoms with E-state index in [1.807, 2.05) is 188 Å². The number of para-hydroxylation sites is 2. The predicted molar refractivity (Wildman–Crippen MR) is 367 cm³/mol. The van der Waals surface area contributed by atoms with Crippen LogP contribution in [0.1, 0.15) is 112 Å². The van der Waals surface area contributed by atoms with E-state index in [-0.39, 0.29) is 69.1 Å². The number of hydrogen-bond donors (Lipinski definition) is 2. The number of nitrogen functional groups attached to an aromatic ring is 2. The molecule has 5 heterocycles. The highest BCUT2D eigenvalue weighted by atomic mass is 79.9. The van der Waals surface area contributed by atoms with E-state index in [0.717, 1.165) is 54.5 Å². The number of hydrogen-bond acceptors (Lipinski definition) is 20. The molecule has 2 atom stereocenters. The molecule has 4 aromatic heterocycles. The minimum atomic E-state index is -0.521. The summed E-state index contributed by atoms with van der Waals surface area (Å²) in [7, 11) is 2.76. The maximum atomic E-state index is 11.7. The van der Waals surface area contributed by atoms with Crippen molar-refractivity contribution in [1.82, 2.24) is 40.0 Å². The van der Waals surface area contributed by atoms with Crippen molar-refractivity contribution < 1.29 is 56.8 Å². The fourth-order valence-corrected chi connectivity index (χ4v) is 9.44.